The molecule has 0 atom stereocenters. The number of anilines is 1. The predicted molar refractivity (Wildman–Crippen MR) is 144 cm³/mol. The lowest BCUT2D eigenvalue weighted by Crippen LogP contribution is -2.19. The van der Waals surface area contributed by atoms with Crippen molar-refractivity contribution < 1.29 is 23.8 Å². The molecular weight excluding hydrogens is 512 g/mol. The lowest BCUT2D eigenvalue weighted by molar-refractivity contribution is -0.113. The van der Waals surface area contributed by atoms with E-state index in [9.17, 15) is 9.59 Å². The van der Waals surface area contributed by atoms with Crippen molar-refractivity contribution in [1.29, 1.82) is 0 Å². The number of ether oxygens (including phenoxy) is 3. The number of hydrogen-bond acceptors (Lipinski definition) is 9. The normalized spacial score (nSPS) is 12.8. The molecule has 2 heterocycles. The number of aromatic nitrogens is 3. The van der Waals surface area contributed by atoms with Crippen molar-refractivity contribution in [1.82, 2.24) is 14.8 Å². The summed E-state index contributed by atoms with van der Waals surface area (Å²) >= 11 is 2.79. The number of aryl methyl sites for hydroxylation is 1. The van der Waals surface area contributed by atoms with Crippen molar-refractivity contribution in [2.45, 2.75) is 70.9 Å². The predicted octanol–water partition coefficient (Wildman–Crippen LogP) is 5.12. The van der Waals surface area contributed by atoms with E-state index in [-0.39, 0.29) is 30.3 Å². The van der Waals surface area contributed by atoms with E-state index in [0.717, 1.165) is 41.9 Å². The van der Waals surface area contributed by atoms with Gasteiger partial charge in [-0.1, -0.05) is 11.8 Å². The first-order valence-electron chi connectivity index (χ1n) is 12.4. The Balaban J connectivity index is 1.39. The van der Waals surface area contributed by atoms with Gasteiger partial charge in [-0.3, -0.25) is 4.79 Å². The molecule has 0 bridgehead atoms. The summed E-state index contributed by atoms with van der Waals surface area (Å²) in [6.45, 7) is 6.54. The van der Waals surface area contributed by atoms with Crippen LogP contribution in [0.2, 0.25) is 0 Å². The van der Waals surface area contributed by atoms with E-state index in [1.807, 2.05) is 49.6 Å². The van der Waals surface area contributed by atoms with Crippen LogP contribution in [0.15, 0.2) is 29.4 Å². The number of nitrogens with one attached hydrogen (secondary N) is 1. The van der Waals surface area contributed by atoms with Crippen LogP contribution in [0.3, 0.4) is 0 Å². The maximum Gasteiger partial charge on any atom is 0.341 e. The number of carbonyl (C=O) groups is 2. The number of nitrogens with zero attached hydrogens (tertiary/aromatic N) is 3. The molecule has 2 aromatic heterocycles. The number of methoxy groups -OCH3 is 1. The van der Waals surface area contributed by atoms with Crippen LogP contribution in [0.25, 0.3) is 0 Å². The van der Waals surface area contributed by atoms with Gasteiger partial charge >= 0.3 is 5.97 Å². The third-order valence-corrected chi connectivity index (χ3v) is 8.01. The van der Waals surface area contributed by atoms with Crippen LogP contribution in [0.4, 0.5) is 5.00 Å². The number of hydrogen-bond donors (Lipinski definition) is 1. The number of thioether (sulfide) groups is 1. The Hall–Kier alpha value is -3.05. The number of rotatable bonds is 11. The van der Waals surface area contributed by atoms with Crippen LogP contribution >= 0.6 is 23.1 Å². The van der Waals surface area contributed by atoms with Gasteiger partial charge in [0.2, 0.25) is 5.91 Å². The Morgan fingerprint density at radius 3 is 2.57 bits per heavy atom. The van der Waals surface area contributed by atoms with Crippen molar-refractivity contribution in [2.24, 2.45) is 0 Å². The molecular formula is C26H32N4O5S2. The summed E-state index contributed by atoms with van der Waals surface area (Å²) in [5.41, 5.74) is 1.54. The fourth-order valence-electron chi connectivity index (χ4n) is 4.11. The molecule has 3 aromatic rings. The van der Waals surface area contributed by atoms with E-state index in [1.54, 1.807) is 7.11 Å². The van der Waals surface area contributed by atoms with Crippen LogP contribution in [-0.4, -0.2) is 45.6 Å². The highest BCUT2D eigenvalue weighted by atomic mass is 32.2. The third-order valence-electron chi connectivity index (χ3n) is 5.84. The first-order chi connectivity index (χ1) is 17.9. The molecule has 4 rings (SSSR count). The van der Waals surface area contributed by atoms with E-state index >= 15 is 0 Å². The smallest absolute Gasteiger partial charge is 0.341 e. The number of esters is 1. The highest BCUT2D eigenvalue weighted by Gasteiger charge is 2.28. The fraction of sp³-hybridized carbons (Fsp3) is 0.462. The first-order valence-corrected chi connectivity index (χ1v) is 14.2. The fourth-order valence-corrected chi connectivity index (χ4v) is 6.22. The zero-order valence-corrected chi connectivity index (χ0v) is 23.2. The molecule has 1 amide bonds. The maximum atomic E-state index is 12.9. The Bertz CT molecular complexity index is 1240. The molecule has 0 saturated heterocycles. The second-order valence-electron chi connectivity index (χ2n) is 8.81. The molecule has 1 aliphatic rings. The molecule has 1 N–H and O–H groups in total. The van der Waals surface area contributed by atoms with Crippen molar-refractivity contribution in [3.8, 4) is 11.5 Å². The van der Waals surface area contributed by atoms with Crippen molar-refractivity contribution in [3.63, 3.8) is 0 Å². The van der Waals surface area contributed by atoms with Gasteiger partial charge in [0.1, 0.15) is 23.1 Å². The van der Waals surface area contributed by atoms with Crippen LogP contribution in [0.1, 0.15) is 60.2 Å². The van der Waals surface area contributed by atoms with Crippen molar-refractivity contribution >= 4 is 40.0 Å². The van der Waals surface area contributed by atoms with Crippen molar-refractivity contribution in [3.05, 3.63) is 46.1 Å². The van der Waals surface area contributed by atoms with Gasteiger partial charge in [-0.05, 0) is 76.3 Å². The molecule has 37 heavy (non-hydrogen) atoms. The lowest BCUT2D eigenvalue weighted by atomic mass is 9.95. The van der Waals surface area contributed by atoms with Crippen LogP contribution in [0, 0.1) is 0 Å². The van der Waals surface area contributed by atoms with Gasteiger partial charge in [-0.15, -0.1) is 21.5 Å². The number of amides is 1. The summed E-state index contributed by atoms with van der Waals surface area (Å²) in [7, 11) is 1.62. The summed E-state index contributed by atoms with van der Waals surface area (Å²) in [4.78, 5) is 26.9. The van der Waals surface area contributed by atoms with Gasteiger partial charge in [0, 0.05) is 11.4 Å². The summed E-state index contributed by atoms with van der Waals surface area (Å²) in [5.74, 6) is 1.69. The molecule has 0 fully saturated rings. The summed E-state index contributed by atoms with van der Waals surface area (Å²) in [6, 6.07) is 7.33. The molecule has 0 unspecified atom stereocenters. The van der Waals surface area contributed by atoms with E-state index in [4.69, 9.17) is 14.2 Å². The zero-order valence-electron chi connectivity index (χ0n) is 21.5. The molecule has 198 valence electrons. The molecule has 9 nitrogen and oxygen atoms in total. The highest BCUT2D eigenvalue weighted by Crippen LogP contribution is 2.39. The molecule has 11 heteroatoms. The SMILES string of the molecule is CCn1c(COc2ccc(OC)cc2)nnc1SCC(=O)Nc1sc2c(c1C(=O)OC(C)C)CCCC2. The average molecular weight is 545 g/mol. The second kappa shape index (κ2) is 12.5. The number of thiophene rings is 1. The van der Waals surface area contributed by atoms with Crippen LogP contribution in [-0.2, 0) is 35.5 Å². The highest BCUT2D eigenvalue weighted by molar-refractivity contribution is 7.99. The summed E-state index contributed by atoms with van der Waals surface area (Å²) in [5, 5.41) is 12.7. The standard InChI is InChI=1S/C26H32N4O5S2/c1-5-30-21(14-34-18-12-10-17(33-4)11-13-18)28-29-26(30)36-15-22(31)27-24-23(25(32)35-16(2)3)19-8-6-7-9-20(19)37-24/h10-13,16H,5-9,14-15H2,1-4H3,(H,27,31). The molecule has 1 aliphatic carbocycles. The molecule has 0 saturated carbocycles. The largest absolute Gasteiger partial charge is 0.497 e. The lowest BCUT2D eigenvalue weighted by Gasteiger charge is -2.14. The summed E-state index contributed by atoms with van der Waals surface area (Å²) < 4.78 is 18.4. The maximum absolute atomic E-state index is 12.9. The van der Waals surface area contributed by atoms with E-state index in [0.29, 0.717) is 33.8 Å². The van der Waals surface area contributed by atoms with Crippen molar-refractivity contribution in [2.75, 3.05) is 18.2 Å². The van der Waals surface area contributed by atoms with Crippen LogP contribution in [0.5, 0.6) is 11.5 Å². The molecule has 0 aliphatic heterocycles. The van der Waals surface area contributed by atoms with E-state index in [2.05, 4.69) is 15.5 Å². The van der Waals surface area contributed by atoms with Gasteiger partial charge in [-0.25, -0.2) is 4.79 Å². The molecule has 1 aromatic carbocycles. The van der Waals surface area contributed by atoms with Gasteiger partial charge < -0.3 is 24.1 Å². The van der Waals surface area contributed by atoms with E-state index < -0.39 is 0 Å². The zero-order chi connectivity index (χ0) is 26.4. The van der Waals surface area contributed by atoms with Gasteiger partial charge in [-0.2, -0.15) is 0 Å². The van der Waals surface area contributed by atoms with Gasteiger partial charge in [0.15, 0.2) is 11.0 Å². The minimum absolute atomic E-state index is 0.138. The van der Waals surface area contributed by atoms with Gasteiger partial charge in [0.05, 0.1) is 24.5 Å². The van der Waals surface area contributed by atoms with E-state index in [1.165, 1.54) is 23.1 Å². The molecule has 0 radical (unpaired) electrons. The topological polar surface area (TPSA) is 105 Å². The van der Waals surface area contributed by atoms with Crippen LogP contribution < -0.4 is 14.8 Å². The molecule has 0 spiro atoms. The number of benzene rings is 1. The summed E-state index contributed by atoms with van der Waals surface area (Å²) in [6.07, 6.45) is 3.65. The first kappa shape index (κ1) is 27.0. The average Bonchev–Trinajstić information content (AvgIpc) is 3.46. The Morgan fingerprint density at radius 2 is 1.86 bits per heavy atom. The Kier molecular flexibility index (Phi) is 9.09. The Labute approximate surface area is 224 Å². The number of carbonyl (C=O) groups excluding carboxylic acids is 2. The second-order valence-corrected chi connectivity index (χ2v) is 10.9. The minimum Gasteiger partial charge on any atom is -0.497 e. The quantitative estimate of drug-likeness (QED) is 0.262. The Morgan fingerprint density at radius 1 is 1.14 bits per heavy atom. The minimum atomic E-state index is -0.371. The van der Waals surface area contributed by atoms with Gasteiger partial charge in [0.25, 0.3) is 0 Å². The monoisotopic (exact) mass is 544 g/mol. The third kappa shape index (κ3) is 6.64. The number of fused-ring (bicyclic) bond motifs is 1.